The minimum Gasteiger partial charge on any atom is -0.119 e. The van der Waals surface area contributed by atoms with E-state index in [1.807, 2.05) is 0 Å². The van der Waals surface area contributed by atoms with E-state index in [4.69, 9.17) is 0 Å². The molecule has 3 aliphatic carbocycles. The molecule has 0 aromatic heterocycles. The van der Waals surface area contributed by atoms with Gasteiger partial charge in [-0.3, -0.25) is 0 Å². The first-order valence-electron chi connectivity index (χ1n) is 14.8. The van der Waals surface area contributed by atoms with E-state index in [1.165, 1.54) is 76.8 Å². The van der Waals surface area contributed by atoms with Crippen molar-refractivity contribution in [2.24, 2.45) is 5.41 Å². The summed E-state index contributed by atoms with van der Waals surface area (Å²) in [6.45, 7) is 2.44. The van der Waals surface area contributed by atoms with Gasteiger partial charge in [0.2, 0.25) is 0 Å². The number of hydrogen-bond acceptors (Lipinski definition) is 0. The van der Waals surface area contributed by atoms with Gasteiger partial charge in [-0.25, -0.2) is 0 Å². The molecule has 0 nitrogen and oxygen atoms in total. The molecule has 0 heteroatoms. The van der Waals surface area contributed by atoms with E-state index in [0.29, 0.717) is 0 Å². The zero-order valence-corrected chi connectivity index (χ0v) is 23.4. The molecule has 0 saturated carbocycles. The molecule has 0 amide bonds. The van der Waals surface area contributed by atoms with Gasteiger partial charge in [0.05, 0.1) is 0 Å². The Labute approximate surface area is 246 Å². The van der Waals surface area contributed by atoms with Crippen LogP contribution in [0.25, 0.3) is 50.0 Å². The summed E-state index contributed by atoms with van der Waals surface area (Å²) in [6, 6.07) is 40.6. The third kappa shape index (κ3) is 3.19. The molecule has 3 aliphatic rings. The van der Waals surface area contributed by atoms with E-state index >= 15 is 0 Å². The van der Waals surface area contributed by atoms with Gasteiger partial charge in [-0.2, -0.15) is 0 Å². The predicted molar refractivity (Wildman–Crippen MR) is 179 cm³/mol. The minimum absolute atomic E-state index is 0.168. The lowest BCUT2D eigenvalue weighted by Crippen LogP contribution is -2.33. The van der Waals surface area contributed by atoms with Crippen molar-refractivity contribution in [1.29, 1.82) is 0 Å². The van der Waals surface area contributed by atoms with Crippen molar-refractivity contribution in [1.82, 2.24) is 0 Å². The van der Waals surface area contributed by atoms with Crippen LogP contribution >= 0.6 is 0 Å². The summed E-state index contributed by atoms with van der Waals surface area (Å²) in [7, 11) is 0. The fourth-order valence-corrected chi connectivity index (χ4v) is 7.87. The maximum absolute atomic E-state index is 3.44. The highest BCUT2D eigenvalue weighted by Gasteiger charge is 2.45. The van der Waals surface area contributed by atoms with E-state index in [2.05, 4.69) is 158 Å². The second-order valence-corrected chi connectivity index (χ2v) is 12.0. The lowest BCUT2D eigenvalue weighted by Gasteiger charge is -2.45. The van der Waals surface area contributed by atoms with Crippen LogP contribution in [0.5, 0.6) is 0 Å². The molecule has 0 N–H and O–H groups in total. The highest BCUT2D eigenvalue weighted by Crippen LogP contribution is 2.58. The Balaban J connectivity index is 1.33. The number of rotatable bonds is 2. The maximum atomic E-state index is 3.44. The molecule has 9 rings (SSSR count). The summed E-state index contributed by atoms with van der Waals surface area (Å²) in [4.78, 5) is 0. The van der Waals surface area contributed by atoms with Gasteiger partial charge in [0.1, 0.15) is 0 Å². The van der Waals surface area contributed by atoms with Crippen LogP contribution in [-0.4, -0.2) is 0 Å². The van der Waals surface area contributed by atoms with E-state index in [9.17, 15) is 0 Å². The Bertz CT molecular complexity index is 2300. The van der Waals surface area contributed by atoms with Gasteiger partial charge >= 0.3 is 0 Å². The van der Waals surface area contributed by atoms with E-state index < -0.39 is 0 Å². The highest BCUT2D eigenvalue weighted by molar-refractivity contribution is 6.08. The zero-order chi connectivity index (χ0) is 27.8. The lowest BCUT2D eigenvalue weighted by molar-refractivity contribution is 0.448. The molecule has 0 bridgehead atoms. The average molecular weight is 533 g/mol. The molecule has 196 valence electrons. The van der Waals surface area contributed by atoms with Crippen molar-refractivity contribution >= 4 is 50.0 Å². The Morgan fingerprint density at radius 2 is 1.31 bits per heavy atom. The van der Waals surface area contributed by atoms with Gasteiger partial charge in [-0.15, -0.1) is 5.73 Å². The van der Waals surface area contributed by atoms with Crippen LogP contribution in [0.3, 0.4) is 0 Å². The van der Waals surface area contributed by atoms with Crippen LogP contribution in [0.2, 0.25) is 0 Å². The second kappa shape index (κ2) is 8.67. The average Bonchev–Trinajstić information content (AvgIpc) is 3.54. The Kier molecular flexibility index (Phi) is 4.86. The Morgan fingerprint density at radius 1 is 0.595 bits per heavy atom. The molecular formula is C42H28. The van der Waals surface area contributed by atoms with Gasteiger partial charge < -0.3 is 0 Å². The third-order valence-electron chi connectivity index (χ3n) is 9.77. The van der Waals surface area contributed by atoms with Crippen LogP contribution < -0.4 is 0 Å². The molecule has 0 radical (unpaired) electrons. The first-order chi connectivity index (χ1) is 20.7. The summed E-state index contributed by atoms with van der Waals surface area (Å²) >= 11 is 0. The molecule has 42 heavy (non-hydrogen) atoms. The molecule has 2 unspecified atom stereocenters. The summed E-state index contributed by atoms with van der Waals surface area (Å²) in [5.74, 6) is 0.168. The second-order valence-electron chi connectivity index (χ2n) is 12.0. The molecular weight excluding hydrogens is 504 g/mol. The van der Waals surface area contributed by atoms with E-state index in [1.54, 1.807) is 0 Å². The van der Waals surface area contributed by atoms with Crippen LogP contribution in [-0.2, 0) is 0 Å². The van der Waals surface area contributed by atoms with Crippen LogP contribution in [0.4, 0.5) is 0 Å². The SMILES string of the molecule is CC12C=CC=CC1=C(c1ccc3c(ccc4ccccc43)c1)c1ccccc1C2c1cc2ccccc2c2c1C=C=C2. The van der Waals surface area contributed by atoms with Crippen LogP contribution in [0, 0.1) is 5.41 Å². The quantitative estimate of drug-likeness (QED) is 0.153. The summed E-state index contributed by atoms with van der Waals surface area (Å²) in [5, 5.41) is 7.75. The van der Waals surface area contributed by atoms with Crippen LogP contribution in [0.15, 0.2) is 145 Å². The Hall–Kier alpha value is -5.16. The highest BCUT2D eigenvalue weighted by atomic mass is 14.5. The normalized spacial score (nSPS) is 20.0. The van der Waals surface area contributed by atoms with E-state index in [0.717, 1.165) is 0 Å². The van der Waals surface area contributed by atoms with E-state index in [-0.39, 0.29) is 11.3 Å². The molecule has 0 spiro atoms. The summed E-state index contributed by atoms with van der Waals surface area (Å²) in [6.07, 6.45) is 13.6. The molecule has 6 aromatic rings. The van der Waals surface area contributed by atoms with Crippen LogP contribution in [0.1, 0.15) is 46.2 Å². The summed E-state index contributed by atoms with van der Waals surface area (Å²) < 4.78 is 0. The zero-order valence-electron chi connectivity index (χ0n) is 23.4. The van der Waals surface area contributed by atoms with Crippen molar-refractivity contribution < 1.29 is 0 Å². The Morgan fingerprint density at radius 3 is 2.24 bits per heavy atom. The van der Waals surface area contributed by atoms with Crippen molar-refractivity contribution in [3.63, 3.8) is 0 Å². The first-order valence-corrected chi connectivity index (χ1v) is 14.8. The topological polar surface area (TPSA) is 0 Å². The van der Waals surface area contributed by atoms with Gasteiger partial charge in [0.15, 0.2) is 0 Å². The molecule has 0 heterocycles. The number of allylic oxidation sites excluding steroid dienone is 5. The summed E-state index contributed by atoms with van der Waals surface area (Å²) in [5.41, 5.74) is 13.9. The van der Waals surface area contributed by atoms with Crippen molar-refractivity contribution in [3.8, 4) is 0 Å². The number of hydrogen-bond donors (Lipinski definition) is 0. The largest absolute Gasteiger partial charge is 0.119 e. The number of fused-ring (bicyclic) bond motifs is 8. The van der Waals surface area contributed by atoms with Gasteiger partial charge in [-0.1, -0.05) is 128 Å². The number of benzene rings is 6. The standard InChI is InChI=1S/C42H28/c1-42-24-9-8-19-39(42)40(30-22-23-33-29(25-30)21-20-27-11-2-4-13-31(27)33)36-15-6-7-16-37(36)41(42)38-26-28-12-3-5-14-32(28)34-17-10-18-35(34)38/h2-9,11-26,41H,1H3. The maximum Gasteiger partial charge on any atom is 0.0231 e. The fraction of sp³-hybridized carbons (Fsp3) is 0.0714. The molecule has 6 aromatic carbocycles. The monoisotopic (exact) mass is 532 g/mol. The molecule has 0 saturated heterocycles. The molecule has 0 aliphatic heterocycles. The van der Waals surface area contributed by atoms with Gasteiger partial charge in [0, 0.05) is 11.3 Å². The fourth-order valence-electron chi connectivity index (χ4n) is 7.87. The molecule has 0 fully saturated rings. The molecule has 2 atom stereocenters. The predicted octanol–water partition coefficient (Wildman–Crippen LogP) is 10.9. The van der Waals surface area contributed by atoms with Crippen molar-refractivity contribution in [2.45, 2.75) is 12.8 Å². The minimum atomic E-state index is -0.219. The lowest BCUT2D eigenvalue weighted by atomic mass is 9.57. The first kappa shape index (κ1) is 23.5. The van der Waals surface area contributed by atoms with Gasteiger partial charge in [-0.05, 0) is 101 Å². The van der Waals surface area contributed by atoms with Crippen molar-refractivity contribution in [2.75, 3.05) is 0 Å². The van der Waals surface area contributed by atoms with Gasteiger partial charge in [0.25, 0.3) is 0 Å². The smallest absolute Gasteiger partial charge is 0.0231 e. The van der Waals surface area contributed by atoms with Crippen molar-refractivity contribution in [3.05, 3.63) is 178 Å². The third-order valence-corrected chi connectivity index (χ3v) is 9.77.